The second-order valence-electron chi connectivity index (χ2n) is 3.88. The van der Waals surface area contributed by atoms with Crippen LogP contribution in [0.15, 0.2) is 30.6 Å². The Kier molecular flexibility index (Phi) is 3.79. The predicted octanol–water partition coefficient (Wildman–Crippen LogP) is 2.30. The first-order chi connectivity index (χ1) is 9.13. The summed E-state index contributed by atoms with van der Waals surface area (Å²) in [5.74, 6) is -0.454. The van der Waals surface area contributed by atoms with Gasteiger partial charge in [0.15, 0.2) is 0 Å². The van der Waals surface area contributed by atoms with Crippen LogP contribution in [0.4, 0.5) is 10.1 Å². The molecule has 100 valence electrons. The summed E-state index contributed by atoms with van der Waals surface area (Å²) in [6.07, 6.45) is 3.05. The molecule has 1 heterocycles. The van der Waals surface area contributed by atoms with Crippen molar-refractivity contribution in [2.45, 2.75) is 13.5 Å². The highest BCUT2D eigenvalue weighted by molar-refractivity contribution is 6.04. The van der Waals surface area contributed by atoms with Gasteiger partial charge >= 0.3 is 0 Å². The molecule has 1 N–H and O–H groups in total. The van der Waals surface area contributed by atoms with Gasteiger partial charge in [0.1, 0.15) is 11.6 Å². The van der Waals surface area contributed by atoms with Crippen LogP contribution in [0.25, 0.3) is 0 Å². The zero-order chi connectivity index (χ0) is 13.8. The molecule has 1 aromatic carbocycles. The van der Waals surface area contributed by atoms with Gasteiger partial charge in [-0.3, -0.25) is 9.48 Å². The molecular formula is C13H14FN3O2. The second-order valence-corrected chi connectivity index (χ2v) is 3.88. The Morgan fingerprint density at radius 3 is 2.95 bits per heavy atom. The Hall–Kier alpha value is -2.37. The Morgan fingerprint density at radius 1 is 1.53 bits per heavy atom. The van der Waals surface area contributed by atoms with Crippen molar-refractivity contribution in [3.05, 3.63) is 42.0 Å². The lowest BCUT2D eigenvalue weighted by molar-refractivity contribution is 0.102. The molecule has 6 heteroatoms. The number of methoxy groups -OCH3 is 1. The number of benzene rings is 1. The van der Waals surface area contributed by atoms with Crippen LogP contribution in [0.2, 0.25) is 0 Å². The molecule has 2 rings (SSSR count). The highest BCUT2D eigenvalue weighted by Gasteiger charge is 2.12. The highest BCUT2D eigenvalue weighted by atomic mass is 19.1. The van der Waals surface area contributed by atoms with Crippen molar-refractivity contribution in [2.24, 2.45) is 0 Å². The SMILES string of the molecule is CCn1cc(C(=O)Nc2cc(OC)ccc2F)cn1. The summed E-state index contributed by atoms with van der Waals surface area (Å²) in [6.45, 7) is 2.58. The molecule has 0 aliphatic rings. The molecule has 0 radical (unpaired) electrons. The van der Waals surface area contributed by atoms with E-state index in [2.05, 4.69) is 10.4 Å². The minimum Gasteiger partial charge on any atom is -0.497 e. The van der Waals surface area contributed by atoms with Crippen molar-refractivity contribution < 1.29 is 13.9 Å². The fourth-order valence-electron chi connectivity index (χ4n) is 1.58. The van der Waals surface area contributed by atoms with E-state index in [1.807, 2.05) is 6.92 Å². The lowest BCUT2D eigenvalue weighted by atomic mass is 10.2. The monoisotopic (exact) mass is 263 g/mol. The first-order valence-electron chi connectivity index (χ1n) is 5.81. The van der Waals surface area contributed by atoms with Gasteiger partial charge in [-0.05, 0) is 19.1 Å². The molecule has 0 fully saturated rings. The van der Waals surface area contributed by atoms with Crippen molar-refractivity contribution in [3.8, 4) is 5.75 Å². The van der Waals surface area contributed by atoms with E-state index in [4.69, 9.17) is 4.74 Å². The molecule has 0 bridgehead atoms. The summed E-state index contributed by atoms with van der Waals surface area (Å²) in [4.78, 5) is 11.9. The fraction of sp³-hybridized carbons (Fsp3) is 0.231. The third kappa shape index (κ3) is 2.90. The van der Waals surface area contributed by atoms with Crippen LogP contribution < -0.4 is 10.1 Å². The van der Waals surface area contributed by atoms with Gasteiger partial charge in [-0.2, -0.15) is 5.10 Å². The van der Waals surface area contributed by atoms with Gasteiger partial charge in [-0.25, -0.2) is 4.39 Å². The lowest BCUT2D eigenvalue weighted by Crippen LogP contribution is -2.12. The first-order valence-corrected chi connectivity index (χ1v) is 5.81. The van der Waals surface area contributed by atoms with Gasteiger partial charge in [-0.15, -0.1) is 0 Å². The number of ether oxygens (including phenoxy) is 1. The van der Waals surface area contributed by atoms with Crippen LogP contribution in [-0.4, -0.2) is 22.8 Å². The molecule has 0 unspecified atom stereocenters. The Bertz CT molecular complexity index is 595. The number of nitrogens with zero attached hydrogens (tertiary/aromatic N) is 2. The van der Waals surface area contributed by atoms with Crippen LogP contribution in [0, 0.1) is 5.82 Å². The van der Waals surface area contributed by atoms with Crippen LogP contribution in [0.5, 0.6) is 5.75 Å². The van der Waals surface area contributed by atoms with E-state index < -0.39 is 11.7 Å². The molecule has 0 saturated carbocycles. The summed E-state index contributed by atoms with van der Waals surface area (Å²) in [6, 6.07) is 4.15. The third-order valence-corrected chi connectivity index (χ3v) is 2.64. The van der Waals surface area contributed by atoms with Gasteiger partial charge in [0, 0.05) is 18.8 Å². The summed E-state index contributed by atoms with van der Waals surface area (Å²) in [5.41, 5.74) is 0.456. The van der Waals surface area contributed by atoms with Gasteiger partial charge in [-0.1, -0.05) is 0 Å². The average Bonchev–Trinajstić information content (AvgIpc) is 2.90. The van der Waals surface area contributed by atoms with Crippen LogP contribution in [0.3, 0.4) is 0 Å². The minimum absolute atomic E-state index is 0.0774. The summed E-state index contributed by atoms with van der Waals surface area (Å²) >= 11 is 0. The second kappa shape index (κ2) is 5.51. The Labute approximate surface area is 110 Å². The fourth-order valence-corrected chi connectivity index (χ4v) is 1.58. The van der Waals surface area contributed by atoms with Crippen LogP contribution in [-0.2, 0) is 6.54 Å². The maximum atomic E-state index is 13.6. The topological polar surface area (TPSA) is 56.2 Å². The van der Waals surface area contributed by atoms with Gasteiger partial charge < -0.3 is 10.1 Å². The third-order valence-electron chi connectivity index (χ3n) is 2.64. The van der Waals surface area contributed by atoms with E-state index in [1.165, 1.54) is 31.5 Å². The van der Waals surface area contributed by atoms with Crippen molar-refractivity contribution in [1.82, 2.24) is 9.78 Å². The molecule has 19 heavy (non-hydrogen) atoms. The number of aryl methyl sites for hydroxylation is 1. The number of hydrogen-bond donors (Lipinski definition) is 1. The van der Waals surface area contributed by atoms with Crippen molar-refractivity contribution in [1.29, 1.82) is 0 Å². The summed E-state index contributed by atoms with van der Waals surface area (Å²) in [7, 11) is 1.48. The maximum Gasteiger partial charge on any atom is 0.258 e. The van der Waals surface area contributed by atoms with Gasteiger partial charge in [0.2, 0.25) is 0 Å². The normalized spacial score (nSPS) is 10.3. The minimum atomic E-state index is -0.517. The maximum absolute atomic E-state index is 13.6. The molecular weight excluding hydrogens is 249 g/mol. The van der Waals surface area contributed by atoms with Crippen molar-refractivity contribution in [2.75, 3.05) is 12.4 Å². The standard InChI is InChI=1S/C13H14FN3O2/c1-3-17-8-9(7-15-17)13(18)16-12-6-10(19-2)4-5-11(12)14/h4-8H,3H2,1-2H3,(H,16,18). The lowest BCUT2D eigenvalue weighted by Gasteiger charge is -2.07. The number of carbonyl (C=O) groups is 1. The zero-order valence-electron chi connectivity index (χ0n) is 10.7. The van der Waals surface area contributed by atoms with Crippen molar-refractivity contribution >= 4 is 11.6 Å². The summed E-state index contributed by atoms with van der Waals surface area (Å²) < 4.78 is 20.2. The van der Waals surface area contributed by atoms with E-state index in [9.17, 15) is 9.18 Å². The van der Waals surface area contributed by atoms with E-state index in [-0.39, 0.29) is 5.69 Å². The quantitative estimate of drug-likeness (QED) is 0.920. The number of aromatic nitrogens is 2. The van der Waals surface area contributed by atoms with E-state index in [0.717, 1.165) is 0 Å². The zero-order valence-corrected chi connectivity index (χ0v) is 10.7. The first kappa shape index (κ1) is 13.1. The van der Waals surface area contributed by atoms with Crippen LogP contribution in [0.1, 0.15) is 17.3 Å². The summed E-state index contributed by atoms with van der Waals surface area (Å²) in [5, 5.41) is 6.48. The molecule has 0 saturated heterocycles. The largest absolute Gasteiger partial charge is 0.497 e. The number of anilines is 1. The molecule has 2 aromatic rings. The molecule has 1 amide bonds. The highest BCUT2D eigenvalue weighted by Crippen LogP contribution is 2.21. The number of halogens is 1. The molecule has 0 spiro atoms. The molecule has 0 aliphatic heterocycles. The van der Waals surface area contributed by atoms with E-state index >= 15 is 0 Å². The van der Waals surface area contributed by atoms with E-state index in [1.54, 1.807) is 10.9 Å². The van der Waals surface area contributed by atoms with Crippen LogP contribution >= 0.6 is 0 Å². The number of carbonyl (C=O) groups excluding carboxylic acids is 1. The Morgan fingerprint density at radius 2 is 2.32 bits per heavy atom. The molecule has 0 atom stereocenters. The number of hydrogen-bond acceptors (Lipinski definition) is 3. The molecule has 5 nitrogen and oxygen atoms in total. The number of amides is 1. The Balaban J connectivity index is 2.18. The predicted molar refractivity (Wildman–Crippen MR) is 68.8 cm³/mol. The van der Waals surface area contributed by atoms with E-state index in [0.29, 0.717) is 17.9 Å². The smallest absolute Gasteiger partial charge is 0.258 e. The van der Waals surface area contributed by atoms with Gasteiger partial charge in [0.25, 0.3) is 5.91 Å². The molecule has 1 aromatic heterocycles. The average molecular weight is 263 g/mol. The van der Waals surface area contributed by atoms with Gasteiger partial charge in [0.05, 0.1) is 24.6 Å². The van der Waals surface area contributed by atoms with Crippen molar-refractivity contribution in [3.63, 3.8) is 0 Å². The number of nitrogens with one attached hydrogen (secondary N) is 1. The molecule has 0 aliphatic carbocycles. The number of rotatable bonds is 4.